The first-order valence-electron chi connectivity index (χ1n) is 8.66. The number of hydrogen-bond donors (Lipinski definition) is 1. The molecule has 3 aromatic rings. The van der Waals surface area contributed by atoms with Crippen LogP contribution in [0.4, 0.5) is 0 Å². The number of fused-ring (bicyclic) bond motifs is 3. The number of H-pyrrole nitrogens is 1. The number of hydrogen-bond acceptors (Lipinski definition) is 4. The molecule has 1 fully saturated rings. The van der Waals surface area contributed by atoms with Crippen LogP contribution in [-0.2, 0) is 0 Å². The molecule has 0 radical (unpaired) electrons. The summed E-state index contributed by atoms with van der Waals surface area (Å²) < 4.78 is 2.25. The highest BCUT2D eigenvalue weighted by Gasteiger charge is 2.30. The van der Waals surface area contributed by atoms with E-state index in [1.807, 2.05) is 18.6 Å². The molecule has 0 saturated carbocycles. The molecule has 0 bridgehead atoms. The van der Waals surface area contributed by atoms with Crippen molar-refractivity contribution >= 4 is 16.7 Å². The molecule has 0 amide bonds. The highest BCUT2D eigenvalue weighted by molar-refractivity contribution is 5.75. The molecule has 6 heteroatoms. The second-order valence-electron chi connectivity index (χ2n) is 6.78. The van der Waals surface area contributed by atoms with Gasteiger partial charge in [-0.15, -0.1) is 0 Å². The topological polar surface area (TPSA) is 73.0 Å². The van der Waals surface area contributed by atoms with Crippen molar-refractivity contribution in [1.29, 1.82) is 5.26 Å². The van der Waals surface area contributed by atoms with Gasteiger partial charge in [-0.2, -0.15) is 5.26 Å². The van der Waals surface area contributed by atoms with Gasteiger partial charge in [0.2, 0.25) is 0 Å². The van der Waals surface area contributed by atoms with E-state index in [-0.39, 0.29) is 0 Å². The fourth-order valence-electron chi connectivity index (χ4n) is 3.82. The first kappa shape index (κ1) is 15.2. The van der Waals surface area contributed by atoms with Crippen LogP contribution >= 0.6 is 0 Å². The molecule has 3 aromatic heterocycles. The lowest BCUT2D eigenvalue weighted by Crippen LogP contribution is -2.39. The summed E-state index contributed by atoms with van der Waals surface area (Å²) in [5, 5.41) is 8.75. The van der Waals surface area contributed by atoms with E-state index in [4.69, 9.17) is 10.2 Å². The van der Waals surface area contributed by atoms with Crippen LogP contribution in [0.5, 0.6) is 0 Å². The van der Waals surface area contributed by atoms with Gasteiger partial charge in [-0.25, -0.2) is 9.97 Å². The summed E-state index contributed by atoms with van der Waals surface area (Å²) in [6, 6.07) is 4.31. The lowest BCUT2D eigenvalue weighted by molar-refractivity contribution is 0.162. The zero-order valence-electron chi connectivity index (χ0n) is 13.9. The molecule has 1 N–H and O–H groups in total. The van der Waals surface area contributed by atoms with Crippen LogP contribution < -0.4 is 0 Å². The fourth-order valence-corrected chi connectivity index (χ4v) is 3.82. The molecule has 4 rings (SSSR count). The lowest BCUT2D eigenvalue weighted by atomic mass is 9.86. The van der Waals surface area contributed by atoms with Gasteiger partial charge in [0, 0.05) is 25.1 Å². The Balaban J connectivity index is 1.67. The van der Waals surface area contributed by atoms with Crippen LogP contribution in [0.3, 0.4) is 0 Å². The van der Waals surface area contributed by atoms with Gasteiger partial charge in [0.25, 0.3) is 0 Å². The monoisotopic (exact) mass is 322 g/mol. The van der Waals surface area contributed by atoms with E-state index in [1.54, 1.807) is 0 Å². The van der Waals surface area contributed by atoms with E-state index in [9.17, 15) is 0 Å². The molecule has 0 aliphatic carbocycles. The average Bonchev–Trinajstić information content (AvgIpc) is 3.22. The third-order valence-electron chi connectivity index (χ3n) is 5.22. The fraction of sp³-hybridized carbons (Fsp3) is 0.500. The number of rotatable bonds is 4. The van der Waals surface area contributed by atoms with E-state index in [0.717, 1.165) is 48.6 Å². The van der Waals surface area contributed by atoms with E-state index in [2.05, 4.69) is 38.3 Å². The predicted molar refractivity (Wildman–Crippen MR) is 92.7 cm³/mol. The Hall–Kier alpha value is -2.39. The number of unbranched alkanes of at least 4 members (excludes halogenated alkanes) is 1. The SMILES string of the molecule is C[C@H]1CCN(CCCC#N)C[C@H]1c1ncc2cnc3[nH]ccc3n12. The summed E-state index contributed by atoms with van der Waals surface area (Å²) >= 11 is 0. The summed E-state index contributed by atoms with van der Waals surface area (Å²) in [6.45, 7) is 5.46. The molecule has 0 unspecified atom stereocenters. The number of nitriles is 1. The van der Waals surface area contributed by atoms with Gasteiger partial charge in [-0.1, -0.05) is 6.92 Å². The summed E-state index contributed by atoms with van der Waals surface area (Å²) in [6.07, 6.45) is 8.50. The summed E-state index contributed by atoms with van der Waals surface area (Å²) in [7, 11) is 0. The molecule has 1 aliphatic rings. The number of piperidine rings is 1. The van der Waals surface area contributed by atoms with Crippen molar-refractivity contribution in [3.8, 4) is 6.07 Å². The normalized spacial score (nSPS) is 22.2. The molecular weight excluding hydrogens is 300 g/mol. The number of nitrogens with one attached hydrogen (secondary N) is 1. The zero-order valence-corrected chi connectivity index (χ0v) is 13.9. The van der Waals surface area contributed by atoms with E-state index >= 15 is 0 Å². The minimum Gasteiger partial charge on any atom is -0.345 e. The largest absolute Gasteiger partial charge is 0.345 e. The van der Waals surface area contributed by atoms with Crippen molar-refractivity contribution in [1.82, 2.24) is 24.3 Å². The van der Waals surface area contributed by atoms with E-state index in [1.165, 1.54) is 6.42 Å². The molecule has 0 aromatic carbocycles. The third-order valence-corrected chi connectivity index (χ3v) is 5.22. The Bertz CT molecular complexity index is 886. The molecule has 6 nitrogen and oxygen atoms in total. The van der Waals surface area contributed by atoms with Crippen LogP contribution in [0.2, 0.25) is 0 Å². The zero-order chi connectivity index (χ0) is 16.5. The van der Waals surface area contributed by atoms with Gasteiger partial charge in [0.15, 0.2) is 5.65 Å². The van der Waals surface area contributed by atoms with Gasteiger partial charge in [0.05, 0.1) is 29.5 Å². The van der Waals surface area contributed by atoms with Crippen molar-refractivity contribution in [2.24, 2.45) is 5.92 Å². The number of likely N-dealkylation sites (tertiary alicyclic amines) is 1. The van der Waals surface area contributed by atoms with Gasteiger partial charge in [0.1, 0.15) is 5.82 Å². The van der Waals surface area contributed by atoms with Crippen LogP contribution in [0.1, 0.15) is 37.9 Å². The first-order valence-corrected chi connectivity index (χ1v) is 8.66. The number of aromatic nitrogens is 4. The van der Waals surface area contributed by atoms with Crippen LogP contribution in [-0.4, -0.2) is 43.9 Å². The maximum Gasteiger partial charge on any atom is 0.154 e. The molecule has 124 valence electrons. The smallest absolute Gasteiger partial charge is 0.154 e. The average molecular weight is 322 g/mol. The Kier molecular flexibility index (Phi) is 3.95. The van der Waals surface area contributed by atoms with Gasteiger partial charge >= 0.3 is 0 Å². The predicted octanol–water partition coefficient (Wildman–Crippen LogP) is 2.94. The molecular formula is C18H22N6. The van der Waals surface area contributed by atoms with Crippen LogP contribution in [0.15, 0.2) is 24.7 Å². The Morgan fingerprint density at radius 2 is 2.25 bits per heavy atom. The van der Waals surface area contributed by atoms with Crippen molar-refractivity contribution in [3.63, 3.8) is 0 Å². The standard InChI is InChI=1S/C18H22N6/c1-13-5-9-23(8-3-2-6-19)12-15(13)18-22-11-14-10-21-17-16(24(14)18)4-7-20-17/h4,7,10-11,13,15,20H,2-3,5,8-9,12H2,1H3/t13-,15+/m0/s1. The Labute approximate surface area is 141 Å². The van der Waals surface area contributed by atoms with Crippen molar-refractivity contribution < 1.29 is 0 Å². The maximum absolute atomic E-state index is 8.75. The second-order valence-corrected chi connectivity index (χ2v) is 6.78. The minimum atomic E-state index is 0.406. The summed E-state index contributed by atoms with van der Waals surface area (Å²) in [5.41, 5.74) is 3.04. The quantitative estimate of drug-likeness (QED) is 0.750. The van der Waals surface area contributed by atoms with Crippen molar-refractivity contribution in [2.45, 2.75) is 32.1 Å². The maximum atomic E-state index is 8.75. The molecule has 1 saturated heterocycles. The molecule has 0 spiro atoms. The van der Waals surface area contributed by atoms with E-state index in [0.29, 0.717) is 18.3 Å². The minimum absolute atomic E-state index is 0.406. The number of imidazole rings is 1. The highest BCUT2D eigenvalue weighted by atomic mass is 15.1. The van der Waals surface area contributed by atoms with Gasteiger partial charge < -0.3 is 9.88 Å². The first-order chi connectivity index (χ1) is 11.8. The number of nitrogens with zero attached hydrogens (tertiary/aromatic N) is 5. The Morgan fingerprint density at radius 3 is 3.12 bits per heavy atom. The second kappa shape index (κ2) is 6.25. The molecule has 4 heterocycles. The number of aromatic amines is 1. The van der Waals surface area contributed by atoms with Gasteiger partial charge in [-0.05, 0) is 37.9 Å². The highest BCUT2D eigenvalue weighted by Crippen LogP contribution is 2.33. The van der Waals surface area contributed by atoms with Crippen LogP contribution in [0.25, 0.3) is 16.7 Å². The lowest BCUT2D eigenvalue weighted by Gasteiger charge is -2.36. The van der Waals surface area contributed by atoms with Gasteiger partial charge in [-0.3, -0.25) is 4.40 Å². The Morgan fingerprint density at radius 1 is 1.38 bits per heavy atom. The third kappa shape index (κ3) is 2.55. The molecule has 2 atom stereocenters. The molecule has 1 aliphatic heterocycles. The summed E-state index contributed by atoms with van der Waals surface area (Å²) in [5.74, 6) is 2.14. The molecule has 24 heavy (non-hydrogen) atoms. The van der Waals surface area contributed by atoms with Crippen molar-refractivity contribution in [2.75, 3.05) is 19.6 Å². The van der Waals surface area contributed by atoms with Crippen LogP contribution in [0, 0.1) is 17.2 Å². The van der Waals surface area contributed by atoms with E-state index < -0.39 is 0 Å². The van der Waals surface area contributed by atoms with Crippen molar-refractivity contribution in [3.05, 3.63) is 30.5 Å². The summed E-state index contributed by atoms with van der Waals surface area (Å²) in [4.78, 5) is 14.9.